The average molecular weight is 816 g/mol. The summed E-state index contributed by atoms with van der Waals surface area (Å²) in [5.74, 6) is 1.15. The van der Waals surface area contributed by atoms with Gasteiger partial charge in [0.05, 0.1) is 0 Å². The minimum atomic E-state index is 0. The zero-order valence-electron chi connectivity index (χ0n) is 31.5. The molecule has 0 aliphatic rings. The van der Waals surface area contributed by atoms with Crippen LogP contribution in [0.2, 0.25) is 13.1 Å². The van der Waals surface area contributed by atoms with Gasteiger partial charge in [-0.3, -0.25) is 0 Å². The Morgan fingerprint density at radius 1 is 0.500 bits per heavy atom. The van der Waals surface area contributed by atoms with Crippen LogP contribution in [-0.2, 0) is 36.7 Å². The molecule has 0 saturated carbocycles. The van der Waals surface area contributed by atoms with Crippen molar-refractivity contribution in [1.82, 2.24) is 0 Å². The number of fused-ring (bicyclic) bond motifs is 2. The Hall–Kier alpha value is -2.81. The summed E-state index contributed by atoms with van der Waals surface area (Å²) in [7, 11) is 1.08. The van der Waals surface area contributed by atoms with Crippen molar-refractivity contribution in [3.8, 4) is 22.3 Å². The molecule has 2 heteroatoms. The third kappa shape index (κ3) is 9.66. The maximum absolute atomic E-state index is 2.35. The Bertz CT molecular complexity index is 1720. The van der Waals surface area contributed by atoms with E-state index in [9.17, 15) is 0 Å². The van der Waals surface area contributed by atoms with Crippen LogP contribution in [0, 0.1) is 0 Å². The molecule has 6 aromatic carbocycles. The third-order valence-corrected chi connectivity index (χ3v) is 9.00. The minimum absolute atomic E-state index is 0. The molecule has 0 nitrogen and oxygen atoms in total. The van der Waals surface area contributed by atoms with Gasteiger partial charge in [0.25, 0.3) is 0 Å². The molecular weight excluding hydrogens is 759 g/mol. The van der Waals surface area contributed by atoms with Gasteiger partial charge in [-0.25, -0.2) is 0 Å². The molecule has 0 spiro atoms. The smallest absolute Gasteiger partial charge is 0.0307 e. The van der Waals surface area contributed by atoms with Crippen molar-refractivity contribution in [2.75, 3.05) is 0 Å². The summed E-state index contributed by atoms with van der Waals surface area (Å²) in [4.78, 5) is 0. The van der Waals surface area contributed by atoms with Gasteiger partial charge in [-0.05, 0) is 44.9 Å². The topological polar surface area (TPSA) is 0 Å². The Kier molecular flexibility index (Phi) is 13.8. The first kappa shape index (κ1) is 39.6. The summed E-state index contributed by atoms with van der Waals surface area (Å²) in [6, 6.07) is 40.7. The van der Waals surface area contributed by atoms with Crippen molar-refractivity contribution >= 4 is 31.1 Å². The van der Waals surface area contributed by atoms with E-state index in [-0.39, 0.29) is 36.7 Å². The van der Waals surface area contributed by atoms with E-state index in [0.29, 0.717) is 11.8 Å². The van der Waals surface area contributed by atoms with E-state index in [1.54, 1.807) is 0 Å². The van der Waals surface area contributed by atoms with Crippen molar-refractivity contribution in [3.05, 3.63) is 131 Å². The summed E-state index contributed by atoms with van der Waals surface area (Å²) in [6.07, 6.45) is 0. The quantitative estimate of drug-likeness (QED) is 0.123. The number of hydrogen-bond acceptors (Lipinski definition) is 0. The second-order valence-corrected chi connectivity index (χ2v) is 16.7. The summed E-state index contributed by atoms with van der Waals surface area (Å²) in [5.41, 5.74) is 11.3. The zero-order valence-corrected chi connectivity index (χ0v) is 36.1. The van der Waals surface area contributed by atoms with Crippen molar-refractivity contribution in [2.24, 2.45) is 0 Å². The molecule has 6 rings (SSSR count). The molecule has 6 aromatic rings. The molecule has 0 aliphatic heterocycles. The van der Waals surface area contributed by atoms with E-state index in [0.717, 1.165) is 9.52 Å². The number of benzene rings is 4. The van der Waals surface area contributed by atoms with Gasteiger partial charge in [0, 0.05) is 35.4 Å². The first-order chi connectivity index (χ1) is 22.1. The van der Waals surface area contributed by atoms with Crippen LogP contribution in [0.4, 0.5) is 0 Å². The van der Waals surface area contributed by atoms with E-state index in [4.69, 9.17) is 0 Å². The van der Waals surface area contributed by atoms with Crippen molar-refractivity contribution in [3.63, 3.8) is 0 Å². The van der Waals surface area contributed by atoms with E-state index in [1.807, 2.05) is 0 Å². The molecular formula is C46H56HfSi-2. The van der Waals surface area contributed by atoms with Gasteiger partial charge in [0.15, 0.2) is 0 Å². The Morgan fingerprint density at radius 3 is 1.08 bits per heavy atom. The molecule has 0 bridgehead atoms. The van der Waals surface area contributed by atoms with E-state index in [2.05, 4.69) is 192 Å². The molecule has 0 amide bonds. The molecule has 250 valence electrons. The van der Waals surface area contributed by atoms with Gasteiger partial charge in [-0.15, -0.1) is 69.1 Å². The SMILES string of the molecule is CC(C)c1cc2c(-c3ccc(C(C)(C)C)cc3)cccc2[cH-]1.CC(C)c1cc2c(-c3ccc(C(C)(C)C)cc3)cccc2[cH-]1.C[Si]C.[Hf]. The van der Waals surface area contributed by atoms with Crippen LogP contribution < -0.4 is 0 Å². The average Bonchev–Trinajstić information content (AvgIpc) is 3.66. The minimum Gasteiger partial charge on any atom is -0.164 e. The fraction of sp³-hybridized carbons (Fsp3) is 0.348. The summed E-state index contributed by atoms with van der Waals surface area (Å²) < 4.78 is 0. The molecule has 0 N–H and O–H groups in total. The molecule has 0 unspecified atom stereocenters. The Labute approximate surface area is 313 Å². The number of hydrogen-bond donors (Lipinski definition) is 0. The Balaban J connectivity index is 0.000000236. The van der Waals surface area contributed by atoms with Gasteiger partial charge < -0.3 is 0 Å². The standard InChI is InChI=1S/2C22H25.C2H6Si.Hf/c2*1-15(2)18-13-17-7-6-8-20(21(17)14-18)16-9-11-19(12-10-16)22(3,4)5;1-3-2;/h2*6-15H,1-5H3;1-2H3;/q2*-1;;. The summed E-state index contributed by atoms with van der Waals surface area (Å²) in [5, 5.41) is 5.44. The van der Waals surface area contributed by atoms with Gasteiger partial charge in [0.1, 0.15) is 0 Å². The molecule has 0 aliphatic carbocycles. The molecule has 0 aromatic heterocycles. The van der Waals surface area contributed by atoms with E-state index >= 15 is 0 Å². The largest absolute Gasteiger partial charge is 0.164 e. The van der Waals surface area contributed by atoms with E-state index < -0.39 is 0 Å². The van der Waals surface area contributed by atoms with Crippen molar-refractivity contribution in [1.29, 1.82) is 0 Å². The van der Waals surface area contributed by atoms with Crippen molar-refractivity contribution < 1.29 is 25.8 Å². The zero-order chi connectivity index (χ0) is 34.5. The van der Waals surface area contributed by atoms with Crippen LogP contribution in [0.25, 0.3) is 43.8 Å². The predicted molar refractivity (Wildman–Crippen MR) is 213 cm³/mol. The molecule has 0 atom stereocenters. The van der Waals surface area contributed by atoms with Gasteiger partial charge >= 0.3 is 0 Å². The molecule has 48 heavy (non-hydrogen) atoms. The van der Waals surface area contributed by atoms with Crippen LogP contribution >= 0.6 is 0 Å². The molecule has 0 heterocycles. The number of rotatable bonds is 4. The van der Waals surface area contributed by atoms with Crippen LogP contribution in [0.1, 0.15) is 103 Å². The van der Waals surface area contributed by atoms with Crippen LogP contribution in [0.15, 0.2) is 109 Å². The normalized spacial score (nSPS) is 11.6. The van der Waals surface area contributed by atoms with E-state index in [1.165, 1.54) is 66.1 Å². The predicted octanol–water partition coefficient (Wildman–Crippen LogP) is 14.1. The van der Waals surface area contributed by atoms with Gasteiger partial charge in [-0.1, -0.05) is 154 Å². The van der Waals surface area contributed by atoms with Crippen LogP contribution in [0.5, 0.6) is 0 Å². The molecule has 0 fully saturated rings. The Morgan fingerprint density at radius 2 is 0.812 bits per heavy atom. The summed E-state index contributed by atoms with van der Waals surface area (Å²) >= 11 is 0. The third-order valence-electron chi connectivity index (χ3n) is 9.00. The maximum atomic E-state index is 2.35. The second-order valence-electron chi connectivity index (χ2n) is 15.7. The van der Waals surface area contributed by atoms with Gasteiger partial charge in [0.2, 0.25) is 0 Å². The first-order valence-electron chi connectivity index (χ1n) is 17.3. The fourth-order valence-electron chi connectivity index (χ4n) is 5.99. The summed E-state index contributed by atoms with van der Waals surface area (Å²) in [6.45, 7) is 26.9. The second kappa shape index (κ2) is 16.7. The van der Waals surface area contributed by atoms with Crippen molar-refractivity contribution in [2.45, 2.75) is 105 Å². The monoisotopic (exact) mass is 816 g/mol. The van der Waals surface area contributed by atoms with Gasteiger partial charge in [-0.2, -0.15) is 12.1 Å². The molecule has 2 radical (unpaired) electrons. The van der Waals surface area contributed by atoms with Crippen LogP contribution in [0.3, 0.4) is 0 Å². The fourth-order valence-corrected chi connectivity index (χ4v) is 5.99. The van der Waals surface area contributed by atoms with Crippen LogP contribution in [-0.4, -0.2) is 9.52 Å². The first-order valence-corrected chi connectivity index (χ1v) is 19.3. The molecule has 0 saturated heterocycles. The maximum Gasteiger partial charge on any atom is 0.0307 e.